The van der Waals surface area contributed by atoms with Gasteiger partial charge in [0.25, 0.3) is 5.56 Å². The van der Waals surface area contributed by atoms with Crippen molar-refractivity contribution in [1.82, 2.24) is 14.1 Å². The zero-order valence-electron chi connectivity index (χ0n) is 13.5. The fraction of sp³-hybridized carbons (Fsp3) is 0.235. The van der Waals surface area contributed by atoms with Crippen LogP contribution in [0.2, 0.25) is 0 Å². The van der Waals surface area contributed by atoms with Crippen LogP contribution in [0.4, 0.5) is 11.4 Å². The number of hydrogen-bond acceptors (Lipinski definition) is 4. The van der Waals surface area contributed by atoms with Gasteiger partial charge in [-0.2, -0.15) is 0 Å². The summed E-state index contributed by atoms with van der Waals surface area (Å²) in [5.41, 5.74) is 3.16. The van der Waals surface area contributed by atoms with Crippen LogP contribution in [0.3, 0.4) is 0 Å². The Bertz CT molecular complexity index is 1030. The molecule has 0 aliphatic rings. The van der Waals surface area contributed by atoms with Gasteiger partial charge >= 0.3 is 5.69 Å². The first-order valence-corrected chi connectivity index (χ1v) is 7.29. The van der Waals surface area contributed by atoms with Crippen molar-refractivity contribution in [2.24, 2.45) is 14.1 Å². The number of nitrogens with one attached hydrogen (secondary N) is 1. The van der Waals surface area contributed by atoms with E-state index in [4.69, 9.17) is 0 Å². The van der Waals surface area contributed by atoms with Gasteiger partial charge in [-0.1, -0.05) is 12.1 Å². The molecule has 0 bridgehead atoms. The molecule has 1 N–H and O–H groups in total. The Labute approximate surface area is 133 Å². The Morgan fingerprint density at radius 2 is 1.83 bits per heavy atom. The first-order valence-electron chi connectivity index (χ1n) is 7.29. The lowest BCUT2D eigenvalue weighted by Gasteiger charge is -2.14. The average molecular weight is 310 g/mol. The van der Waals surface area contributed by atoms with Crippen LogP contribution in [0.1, 0.15) is 11.1 Å². The fourth-order valence-electron chi connectivity index (χ4n) is 2.65. The van der Waals surface area contributed by atoms with Crippen LogP contribution >= 0.6 is 0 Å². The maximum absolute atomic E-state index is 12.6. The van der Waals surface area contributed by atoms with Crippen molar-refractivity contribution in [2.45, 2.75) is 13.8 Å². The van der Waals surface area contributed by atoms with E-state index in [1.54, 1.807) is 13.2 Å². The SMILES string of the molecule is Cc1cccc(Nc2c(C)cnc3c2c(=O)n(C)c(=O)n3C)c1. The monoisotopic (exact) mass is 310 g/mol. The minimum atomic E-state index is -0.389. The summed E-state index contributed by atoms with van der Waals surface area (Å²) < 4.78 is 2.49. The van der Waals surface area contributed by atoms with E-state index in [0.717, 1.165) is 21.4 Å². The fourth-order valence-corrected chi connectivity index (χ4v) is 2.65. The Morgan fingerprint density at radius 1 is 1.09 bits per heavy atom. The van der Waals surface area contributed by atoms with Gasteiger partial charge in [0.1, 0.15) is 5.39 Å². The van der Waals surface area contributed by atoms with E-state index in [2.05, 4.69) is 10.3 Å². The van der Waals surface area contributed by atoms with Crippen LogP contribution in [0.25, 0.3) is 11.0 Å². The second-order valence-electron chi connectivity index (χ2n) is 5.72. The van der Waals surface area contributed by atoms with Gasteiger partial charge in [-0.05, 0) is 37.1 Å². The molecule has 3 aromatic rings. The van der Waals surface area contributed by atoms with Gasteiger partial charge in [-0.15, -0.1) is 0 Å². The van der Waals surface area contributed by atoms with Crippen molar-refractivity contribution >= 4 is 22.4 Å². The molecular formula is C17H18N4O2. The molecule has 0 unspecified atom stereocenters. The summed E-state index contributed by atoms with van der Waals surface area (Å²) in [6, 6.07) is 7.89. The van der Waals surface area contributed by atoms with E-state index >= 15 is 0 Å². The van der Waals surface area contributed by atoms with E-state index in [1.807, 2.05) is 38.1 Å². The quantitative estimate of drug-likeness (QED) is 0.786. The van der Waals surface area contributed by atoms with Crippen molar-refractivity contribution in [3.05, 3.63) is 62.4 Å². The molecule has 3 rings (SSSR count). The van der Waals surface area contributed by atoms with Gasteiger partial charge in [-0.3, -0.25) is 13.9 Å². The predicted molar refractivity (Wildman–Crippen MR) is 91.4 cm³/mol. The molecule has 0 amide bonds. The predicted octanol–water partition coefficient (Wildman–Crippen LogP) is 1.99. The summed E-state index contributed by atoms with van der Waals surface area (Å²) in [5, 5.41) is 3.72. The van der Waals surface area contributed by atoms with Crippen molar-refractivity contribution < 1.29 is 0 Å². The Balaban J connectivity index is 2.34. The molecule has 6 nitrogen and oxygen atoms in total. The van der Waals surface area contributed by atoms with E-state index in [1.165, 1.54) is 11.6 Å². The molecule has 23 heavy (non-hydrogen) atoms. The smallest absolute Gasteiger partial charge is 0.332 e. The highest BCUT2D eigenvalue weighted by Gasteiger charge is 2.15. The second kappa shape index (κ2) is 5.39. The van der Waals surface area contributed by atoms with Crippen LogP contribution < -0.4 is 16.6 Å². The lowest BCUT2D eigenvalue weighted by Crippen LogP contribution is -2.37. The van der Waals surface area contributed by atoms with Gasteiger partial charge in [0.15, 0.2) is 5.65 Å². The maximum Gasteiger partial charge on any atom is 0.332 e. The summed E-state index contributed by atoms with van der Waals surface area (Å²) >= 11 is 0. The topological polar surface area (TPSA) is 68.9 Å². The highest BCUT2D eigenvalue weighted by molar-refractivity contribution is 5.92. The molecule has 0 aliphatic carbocycles. The highest BCUT2D eigenvalue weighted by Crippen LogP contribution is 2.26. The van der Waals surface area contributed by atoms with Crippen molar-refractivity contribution in [2.75, 3.05) is 5.32 Å². The molecule has 6 heteroatoms. The normalized spacial score (nSPS) is 11.0. The first-order chi connectivity index (χ1) is 10.9. The number of benzene rings is 1. The summed E-state index contributed by atoms with van der Waals surface area (Å²) in [6.45, 7) is 3.89. The minimum absolute atomic E-state index is 0.352. The van der Waals surface area contributed by atoms with Crippen LogP contribution in [0.15, 0.2) is 40.1 Å². The molecule has 2 aromatic heterocycles. The van der Waals surface area contributed by atoms with E-state index in [-0.39, 0.29) is 11.2 Å². The molecule has 0 spiro atoms. The lowest BCUT2D eigenvalue weighted by molar-refractivity contribution is 0.707. The summed E-state index contributed by atoms with van der Waals surface area (Å²) in [6.07, 6.45) is 1.67. The number of rotatable bonds is 2. The van der Waals surface area contributed by atoms with E-state index in [9.17, 15) is 9.59 Å². The first kappa shape index (κ1) is 15.0. The van der Waals surface area contributed by atoms with Gasteiger partial charge < -0.3 is 5.32 Å². The number of hydrogen-bond donors (Lipinski definition) is 1. The largest absolute Gasteiger partial charge is 0.354 e. The van der Waals surface area contributed by atoms with Crippen molar-refractivity contribution in [3.8, 4) is 0 Å². The molecule has 0 saturated heterocycles. The Kier molecular flexibility index (Phi) is 3.52. The average Bonchev–Trinajstić information content (AvgIpc) is 2.52. The third-order valence-electron chi connectivity index (χ3n) is 3.95. The van der Waals surface area contributed by atoms with E-state index in [0.29, 0.717) is 16.7 Å². The highest BCUT2D eigenvalue weighted by atomic mass is 16.2. The summed E-state index contributed by atoms with van der Waals surface area (Å²) in [7, 11) is 3.09. The maximum atomic E-state index is 12.6. The third kappa shape index (κ3) is 2.42. The molecule has 0 saturated carbocycles. The van der Waals surface area contributed by atoms with Gasteiger partial charge in [0.2, 0.25) is 0 Å². The number of aryl methyl sites for hydroxylation is 3. The third-order valence-corrected chi connectivity index (χ3v) is 3.95. The van der Waals surface area contributed by atoms with Crippen LogP contribution in [-0.2, 0) is 14.1 Å². The minimum Gasteiger partial charge on any atom is -0.354 e. The zero-order valence-corrected chi connectivity index (χ0v) is 13.5. The van der Waals surface area contributed by atoms with Gasteiger partial charge in [-0.25, -0.2) is 9.78 Å². The van der Waals surface area contributed by atoms with Crippen LogP contribution in [0.5, 0.6) is 0 Å². The standard InChI is InChI=1S/C17H18N4O2/c1-10-6-5-7-12(8-10)19-14-11(2)9-18-15-13(14)16(22)21(4)17(23)20(15)3/h5-9H,1-4H3,(H,18,19). The zero-order chi connectivity index (χ0) is 16.7. The molecular weight excluding hydrogens is 292 g/mol. The van der Waals surface area contributed by atoms with Gasteiger partial charge in [0, 0.05) is 26.0 Å². The molecule has 118 valence electrons. The van der Waals surface area contributed by atoms with Crippen molar-refractivity contribution in [3.63, 3.8) is 0 Å². The molecule has 2 heterocycles. The molecule has 1 aromatic carbocycles. The Morgan fingerprint density at radius 3 is 2.52 bits per heavy atom. The molecule has 0 aliphatic heterocycles. The number of aromatic nitrogens is 3. The number of pyridine rings is 1. The summed E-state index contributed by atoms with van der Waals surface area (Å²) in [5.74, 6) is 0. The molecule has 0 atom stereocenters. The van der Waals surface area contributed by atoms with Crippen LogP contribution in [-0.4, -0.2) is 14.1 Å². The second-order valence-corrected chi connectivity index (χ2v) is 5.72. The number of anilines is 2. The summed E-state index contributed by atoms with van der Waals surface area (Å²) in [4.78, 5) is 28.9. The van der Waals surface area contributed by atoms with Crippen molar-refractivity contribution in [1.29, 1.82) is 0 Å². The Hall–Kier alpha value is -2.89. The number of fused-ring (bicyclic) bond motifs is 1. The molecule has 0 fully saturated rings. The van der Waals surface area contributed by atoms with E-state index < -0.39 is 0 Å². The van der Waals surface area contributed by atoms with Gasteiger partial charge in [0.05, 0.1) is 5.69 Å². The number of nitrogens with zero attached hydrogens (tertiary/aromatic N) is 3. The molecule has 0 radical (unpaired) electrons. The lowest BCUT2D eigenvalue weighted by atomic mass is 10.1. The van der Waals surface area contributed by atoms with Crippen LogP contribution in [0, 0.1) is 13.8 Å².